The van der Waals surface area contributed by atoms with Gasteiger partial charge < -0.3 is 10.1 Å². The van der Waals surface area contributed by atoms with Crippen molar-refractivity contribution in [2.45, 2.75) is 58.3 Å². The quantitative estimate of drug-likeness (QED) is 0.852. The number of nitrogens with one attached hydrogen (secondary N) is 1. The fourth-order valence-electron chi connectivity index (χ4n) is 2.78. The summed E-state index contributed by atoms with van der Waals surface area (Å²) < 4.78 is 20.0. The van der Waals surface area contributed by atoms with Gasteiger partial charge in [-0.05, 0) is 74.7 Å². The minimum Gasteiger partial charge on any atom is -0.379 e. The summed E-state index contributed by atoms with van der Waals surface area (Å²) in [6.07, 6.45) is 0.925. The number of aryl methyl sites for hydroxylation is 1. The van der Waals surface area contributed by atoms with Crippen molar-refractivity contribution < 1.29 is 9.13 Å². The lowest BCUT2D eigenvalue weighted by Gasteiger charge is -2.29. The Balaban J connectivity index is 2.25. The average Bonchev–Trinajstić information content (AvgIpc) is 2.43. The number of ether oxygens (including phenoxy) is 1. The van der Waals surface area contributed by atoms with Crippen molar-refractivity contribution >= 4 is 21.6 Å². The second kappa shape index (κ2) is 4.74. The normalized spacial score (nSPS) is 24.5. The van der Waals surface area contributed by atoms with Crippen LogP contribution in [0, 0.1) is 12.7 Å². The zero-order valence-electron chi connectivity index (χ0n) is 12.1. The molecule has 2 nitrogen and oxygen atoms in total. The first-order chi connectivity index (χ1) is 8.61. The summed E-state index contributed by atoms with van der Waals surface area (Å²) in [5.41, 5.74) is 1.48. The van der Waals surface area contributed by atoms with E-state index in [2.05, 4.69) is 48.9 Å². The van der Waals surface area contributed by atoms with E-state index in [4.69, 9.17) is 4.74 Å². The van der Waals surface area contributed by atoms with Crippen LogP contribution in [0.2, 0.25) is 0 Å². The molecule has 0 radical (unpaired) electrons. The predicted octanol–water partition coefficient (Wildman–Crippen LogP) is 4.65. The van der Waals surface area contributed by atoms with Crippen molar-refractivity contribution in [3.8, 4) is 0 Å². The van der Waals surface area contributed by atoms with Gasteiger partial charge in [0, 0.05) is 5.69 Å². The molecule has 1 aliphatic rings. The van der Waals surface area contributed by atoms with Crippen molar-refractivity contribution in [2.75, 3.05) is 5.32 Å². The van der Waals surface area contributed by atoms with E-state index in [-0.39, 0.29) is 23.1 Å². The minimum atomic E-state index is -0.239. The number of anilines is 1. The molecule has 19 heavy (non-hydrogen) atoms. The molecule has 1 heterocycles. The van der Waals surface area contributed by atoms with Gasteiger partial charge in [0.15, 0.2) is 0 Å². The topological polar surface area (TPSA) is 21.3 Å². The molecule has 4 heteroatoms. The molecule has 1 saturated heterocycles. The second-order valence-electron chi connectivity index (χ2n) is 6.45. The van der Waals surface area contributed by atoms with Gasteiger partial charge in [-0.25, -0.2) is 4.39 Å². The number of rotatable bonds is 2. The molecule has 0 amide bonds. The Kier molecular flexibility index (Phi) is 3.69. The highest BCUT2D eigenvalue weighted by Gasteiger charge is 2.45. The summed E-state index contributed by atoms with van der Waals surface area (Å²) in [7, 11) is 0. The van der Waals surface area contributed by atoms with Crippen molar-refractivity contribution in [3.05, 3.63) is 28.0 Å². The van der Waals surface area contributed by atoms with Crippen LogP contribution in [0.4, 0.5) is 10.1 Å². The van der Waals surface area contributed by atoms with Crippen molar-refractivity contribution in [2.24, 2.45) is 0 Å². The summed E-state index contributed by atoms with van der Waals surface area (Å²) in [4.78, 5) is 0. The lowest BCUT2D eigenvalue weighted by molar-refractivity contribution is -0.0662. The molecule has 1 aromatic carbocycles. The Hall–Kier alpha value is -0.610. The van der Waals surface area contributed by atoms with Crippen molar-refractivity contribution in [1.82, 2.24) is 0 Å². The number of benzene rings is 1. The molecule has 0 aliphatic carbocycles. The fraction of sp³-hybridized carbons (Fsp3) is 0.600. The van der Waals surface area contributed by atoms with Gasteiger partial charge in [0.2, 0.25) is 0 Å². The van der Waals surface area contributed by atoms with Gasteiger partial charge in [-0.15, -0.1) is 0 Å². The largest absolute Gasteiger partial charge is 0.379 e. The average molecular weight is 330 g/mol. The van der Waals surface area contributed by atoms with Crippen LogP contribution in [-0.4, -0.2) is 17.2 Å². The van der Waals surface area contributed by atoms with Gasteiger partial charge >= 0.3 is 0 Å². The van der Waals surface area contributed by atoms with Gasteiger partial charge in [0.1, 0.15) is 5.82 Å². The monoisotopic (exact) mass is 329 g/mol. The number of hydrogen-bond donors (Lipinski definition) is 1. The Morgan fingerprint density at radius 1 is 1.32 bits per heavy atom. The molecule has 106 valence electrons. The number of halogens is 2. The molecule has 0 spiro atoms. The van der Waals surface area contributed by atoms with Crippen LogP contribution in [-0.2, 0) is 4.74 Å². The summed E-state index contributed by atoms with van der Waals surface area (Å²) >= 11 is 3.23. The predicted molar refractivity (Wildman–Crippen MR) is 80.1 cm³/mol. The molecular weight excluding hydrogens is 309 g/mol. The highest BCUT2D eigenvalue weighted by Crippen LogP contribution is 2.39. The molecule has 1 unspecified atom stereocenters. The molecule has 1 atom stereocenters. The van der Waals surface area contributed by atoms with Crippen LogP contribution in [0.5, 0.6) is 0 Å². The van der Waals surface area contributed by atoms with Crippen LogP contribution >= 0.6 is 15.9 Å². The van der Waals surface area contributed by atoms with Crippen LogP contribution in [0.25, 0.3) is 0 Å². The molecule has 1 N–H and O–H groups in total. The lowest BCUT2D eigenvalue weighted by Crippen LogP contribution is -2.38. The van der Waals surface area contributed by atoms with Gasteiger partial charge in [0.25, 0.3) is 0 Å². The second-order valence-corrected chi connectivity index (χ2v) is 7.30. The SMILES string of the molecule is Cc1cc(F)c(Br)cc1NC1CC(C)(C)OC1(C)C. The first kappa shape index (κ1) is 14.8. The molecule has 1 aromatic rings. The van der Waals surface area contributed by atoms with E-state index >= 15 is 0 Å². The maximum Gasteiger partial charge on any atom is 0.137 e. The zero-order chi connectivity index (χ0) is 14.4. The highest BCUT2D eigenvalue weighted by molar-refractivity contribution is 9.10. The molecular formula is C15H21BrFNO. The molecule has 2 rings (SSSR count). The zero-order valence-corrected chi connectivity index (χ0v) is 13.7. The molecule has 1 aliphatic heterocycles. The maximum atomic E-state index is 13.4. The third-order valence-electron chi connectivity index (χ3n) is 3.67. The fourth-order valence-corrected chi connectivity index (χ4v) is 3.12. The van der Waals surface area contributed by atoms with E-state index in [1.54, 1.807) is 12.1 Å². The standard InChI is InChI=1S/C15H21BrFNO/c1-9-6-11(17)10(16)7-12(9)18-13-8-14(2,3)19-15(13,4)5/h6-7,13,18H,8H2,1-5H3. The molecule has 0 bridgehead atoms. The van der Waals surface area contributed by atoms with E-state index in [1.165, 1.54) is 0 Å². The van der Waals surface area contributed by atoms with Gasteiger partial charge in [-0.2, -0.15) is 0 Å². The summed E-state index contributed by atoms with van der Waals surface area (Å²) in [6.45, 7) is 10.3. The molecule has 0 aromatic heterocycles. The van der Waals surface area contributed by atoms with Crippen LogP contribution in [0.1, 0.15) is 39.7 Å². The smallest absolute Gasteiger partial charge is 0.137 e. The van der Waals surface area contributed by atoms with E-state index in [0.29, 0.717) is 4.47 Å². The van der Waals surface area contributed by atoms with Crippen LogP contribution in [0.15, 0.2) is 16.6 Å². The summed E-state index contributed by atoms with van der Waals surface area (Å²) in [5, 5.41) is 3.50. The van der Waals surface area contributed by atoms with Gasteiger partial charge in [-0.1, -0.05) is 0 Å². The summed E-state index contributed by atoms with van der Waals surface area (Å²) in [5.74, 6) is -0.231. The maximum absolute atomic E-state index is 13.4. The number of hydrogen-bond acceptors (Lipinski definition) is 2. The van der Waals surface area contributed by atoms with Crippen molar-refractivity contribution in [1.29, 1.82) is 0 Å². The van der Waals surface area contributed by atoms with Crippen LogP contribution < -0.4 is 5.32 Å². The van der Waals surface area contributed by atoms with E-state index in [1.807, 2.05) is 6.92 Å². The Morgan fingerprint density at radius 3 is 2.47 bits per heavy atom. The molecule has 1 fully saturated rings. The van der Waals surface area contributed by atoms with E-state index < -0.39 is 0 Å². The Morgan fingerprint density at radius 2 is 1.95 bits per heavy atom. The van der Waals surface area contributed by atoms with Gasteiger partial charge in [0.05, 0.1) is 21.7 Å². The first-order valence-electron chi connectivity index (χ1n) is 6.53. The first-order valence-corrected chi connectivity index (χ1v) is 7.32. The van der Waals surface area contributed by atoms with E-state index in [0.717, 1.165) is 17.7 Å². The third kappa shape index (κ3) is 3.11. The minimum absolute atomic E-state index is 0.133. The van der Waals surface area contributed by atoms with Gasteiger partial charge in [-0.3, -0.25) is 0 Å². The van der Waals surface area contributed by atoms with Crippen molar-refractivity contribution in [3.63, 3.8) is 0 Å². The Labute approximate surface area is 122 Å². The highest BCUT2D eigenvalue weighted by atomic mass is 79.9. The van der Waals surface area contributed by atoms with Crippen LogP contribution in [0.3, 0.4) is 0 Å². The summed E-state index contributed by atoms with van der Waals surface area (Å²) in [6, 6.07) is 3.55. The lowest BCUT2D eigenvalue weighted by atomic mass is 9.94. The molecule has 0 saturated carbocycles. The van der Waals surface area contributed by atoms with E-state index in [9.17, 15) is 4.39 Å². The Bertz CT molecular complexity index is 499. The third-order valence-corrected chi connectivity index (χ3v) is 4.28.